The molecule has 0 saturated carbocycles. The van der Waals surface area contributed by atoms with E-state index in [1.165, 1.54) is 0 Å². The molecular formula is C13H20ClNO. The van der Waals surface area contributed by atoms with Gasteiger partial charge in [0.15, 0.2) is 0 Å². The SMILES string of the molecule is CNCC(OCc1cccc(Cl)c1)C(C)C. The first-order chi connectivity index (χ1) is 7.63. The maximum atomic E-state index is 5.92. The van der Waals surface area contributed by atoms with Gasteiger partial charge in [-0.15, -0.1) is 0 Å². The van der Waals surface area contributed by atoms with E-state index in [0.717, 1.165) is 17.1 Å². The van der Waals surface area contributed by atoms with Crippen molar-refractivity contribution in [1.82, 2.24) is 5.32 Å². The molecule has 0 bridgehead atoms. The first-order valence-electron chi connectivity index (χ1n) is 5.64. The van der Waals surface area contributed by atoms with Crippen molar-refractivity contribution in [2.75, 3.05) is 13.6 Å². The number of ether oxygens (including phenoxy) is 1. The summed E-state index contributed by atoms with van der Waals surface area (Å²) in [6.07, 6.45) is 0.240. The highest BCUT2D eigenvalue weighted by atomic mass is 35.5. The number of likely N-dealkylation sites (N-methyl/N-ethyl adjacent to an activating group) is 1. The molecule has 2 nitrogen and oxygen atoms in total. The Bertz CT molecular complexity index is 315. The van der Waals surface area contributed by atoms with Gasteiger partial charge in [0.2, 0.25) is 0 Å². The van der Waals surface area contributed by atoms with Crippen LogP contribution in [0.5, 0.6) is 0 Å². The van der Waals surface area contributed by atoms with Gasteiger partial charge in [0.05, 0.1) is 12.7 Å². The van der Waals surface area contributed by atoms with Crippen molar-refractivity contribution in [2.45, 2.75) is 26.6 Å². The fourth-order valence-corrected chi connectivity index (χ4v) is 1.73. The van der Waals surface area contributed by atoms with Crippen LogP contribution < -0.4 is 5.32 Å². The quantitative estimate of drug-likeness (QED) is 0.827. The third-order valence-corrected chi connectivity index (χ3v) is 2.74. The van der Waals surface area contributed by atoms with Gasteiger partial charge in [0, 0.05) is 11.6 Å². The molecule has 0 amide bonds. The lowest BCUT2D eigenvalue weighted by Gasteiger charge is -2.21. The average molecular weight is 242 g/mol. The molecule has 90 valence electrons. The summed E-state index contributed by atoms with van der Waals surface area (Å²) >= 11 is 5.92. The number of rotatable bonds is 6. The normalized spacial score (nSPS) is 13.1. The Hall–Kier alpha value is -0.570. The molecule has 0 spiro atoms. The number of benzene rings is 1. The molecular weight excluding hydrogens is 222 g/mol. The third kappa shape index (κ3) is 4.52. The van der Waals surface area contributed by atoms with Gasteiger partial charge in [0.1, 0.15) is 0 Å². The third-order valence-electron chi connectivity index (χ3n) is 2.50. The topological polar surface area (TPSA) is 21.3 Å². The van der Waals surface area contributed by atoms with Crippen molar-refractivity contribution in [3.63, 3.8) is 0 Å². The Balaban J connectivity index is 2.48. The van der Waals surface area contributed by atoms with Gasteiger partial charge in [-0.3, -0.25) is 0 Å². The Morgan fingerprint density at radius 1 is 1.38 bits per heavy atom. The fourth-order valence-electron chi connectivity index (χ4n) is 1.52. The zero-order valence-corrected chi connectivity index (χ0v) is 10.9. The van der Waals surface area contributed by atoms with Gasteiger partial charge in [-0.1, -0.05) is 37.6 Å². The number of halogens is 1. The predicted octanol–water partition coefficient (Wildman–Crippen LogP) is 3.10. The second-order valence-corrected chi connectivity index (χ2v) is 4.72. The monoisotopic (exact) mass is 241 g/mol. The Morgan fingerprint density at radius 3 is 2.69 bits per heavy atom. The largest absolute Gasteiger partial charge is 0.372 e. The molecule has 0 aliphatic rings. The molecule has 0 heterocycles. The Kier molecular flexibility index (Phi) is 5.81. The van der Waals surface area contributed by atoms with E-state index in [-0.39, 0.29) is 6.10 Å². The van der Waals surface area contributed by atoms with Crippen LogP contribution in [0.3, 0.4) is 0 Å². The maximum Gasteiger partial charge on any atom is 0.0726 e. The van der Waals surface area contributed by atoms with E-state index in [0.29, 0.717) is 12.5 Å². The second kappa shape index (κ2) is 6.89. The molecule has 1 N–H and O–H groups in total. The molecule has 1 atom stereocenters. The number of nitrogens with one attached hydrogen (secondary N) is 1. The van der Waals surface area contributed by atoms with E-state index in [1.807, 2.05) is 31.3 Å². The van der Waals surface area contributed by atoms with E-state index in [4.69, 9.17) is 16.3 Å². The van der Waals surface area contributed by atoms with E-state index >= 15 is 0 Å². The standard InChI is InChI=1S/C13H20ClNO/c1-10(2)13(8-15-3)16-9-11-5-4-6-12(14)7-11/h4-7,10,13,15H,8-9H2,1-3H3. The molecule has 0 radical (unpaired) electrons. The first-order valence-corrected chi connectivity index (χ1v) is 6.02. The van der Waals surface area contributed by atoms with Crippen molar-refractivity contribution in [3.8, 4) is 0 Å². The lowest BCUT2D eigenvalue weighted by atomic mass is 10.1. The van der Waals surface area contributed by atoms with Gasteiger partial charge in [-0.05, 0) is 30.7 Å². The van der Waals surface area contributed by atoms with E-state index in [1.54, 1.807) is 0 Å². The van der Waals surface area contributed by atoms with E-state index in [2.05, 4.69) is 19.2 Å². The molecule has 3 heteroatoms. The molecule has 1 aromatic rings. The van der Waals surface area contributed by atoms with E-state index in [9.17, 15) is 0 Å². The zero-order chi connectivity index (χ0) is 12.0. The Morgan fingerprint density at radius 2 is 2.12 bits per heavy atom. The van der Waals surface area contributed by atoms with Crippen molar-refractivity contribution in [3.05, 3.63) is 34.9 Å². The van der Waals surface area contributed by atoms with Crippen molar-refractivity contribution in [2.24, 2.45) is 5.92 Å². The lowest BCUT2D eigenvalue weighted by molar-refractivity contribution is 0.0125. The molecule has 0 aliphatic carbocycles. The molecule has 1 unspecified atom stereocenters. The first kappa shape index (κ1) is 13.5. The van der Waals surface area contributed by atoms with E-state index < -0.39 is 0 Å². The molecule has 1 rings (SSSR count). The molecule has 0 saturated heterocycles. The fraction of sp³-hybridized carbons (Fsp3) is 0.538. The maximum absolute atomic E-state index is 5.92. The minimum Gasteiger partial charge on any atom is -0.372 e. The average Bonchev–Trinajstić information content (AvgIpc) is 2.24. The van der Waals surface area contributed by atoms with Gasteiger partial charge >= 0.3 is 0 Å². The molecule has 0 aliphatic heterocycles. The second-order valence-electron chi connectivity index (χ2n) is 4.28. The summed E-state index contributed by atoms with van der Waals surface area (Å²) in [5, 5.41) is 3.91. The lowest BCUT2D eigenvalue weighted by Crippen LogP contribution is -2.31. The molecule has 16 heavy (non-hydrogen) atoms. The molecule has 1 aromatic carbocycles. The van der Waals surface area contributed by atoms with Crippen LogP contribution in [0.25, 0.3) is 0 Å². The smallest absolute Gasteiger partial charge is 0.0726 e. The summed E-state index contributed by atoms with van der Waals surface area (Å²) in [4.78, 5) is 0. The van der Waals surface area contributed by atoms with Crippen LogP contribution in [0.15, 0.2) is 24.3 Å². The van der Waals surface area contributed by atoms with Gasteiger partial charge < -0.3 is 10.1 Å². The van der Waals surface area contributed by atoms with Crippen LogP contribution in [0.4, 0.5) is 0 Å². The minimum atomic E-state index is 0.240. The predicted molar refractivity (Wildman–Crippen MR) is 68.8 cm³/mol. The molecule has 0 fully saturated rings. The van der Waals surface area contributed by atoms with Crippen LogP contribution in [0.1, 0.15) is 19.4 Å². The van der Waals surface area contributed by atoms with Crippen molar-refractivity contribution >= 4 is 11.6 Å². The van der Waals surface area contributed by atoms with Gasteiger partial charge in [-0.2, -0.15) is 0 Å². The van der Waals surface area contributed by atoms with Crippen LogP contribution >= 0.6 is 11.6 Å². The highest BCUT2D eigenvalue weighted by Gasteiger charge is 2.12. The Labute approximate surface area is 103 Å². The zero-order valence-electron chi connectivity index (χ0n) is 10.2. The minimum absolute atomic E-state index is 0.240. The molecule has 0 aromatic heterocycles. The van der Waals surface area contributed by atoms with Crippen LogP contribution in [-0.2, 0) is 11.3 Å². The number of hydrogen-bond acceptors (Lipinski definition) is 2. The number of hydrogen-bond donors (Lipinski definition) is 1. The van der Waals surface area contributed by atoms with Crippen molar-refractivity contribution < 1.29 is 4.74 Å². The highest BCUT2D eigenvalue weighted by Crippen LogP contribution is 2.14. The van der Waals surface area contributed by atoms with Crippen LogP contribution in [-0.4, -0.2) is 19.7 Å². The highest BCUT2D eigenvalue weighted by molar-refractivity contribution is 6.30. The summed E-state index contributed by atoms with van der Waals surface area (Å²) in [7, 11) is 1.94. The summed E-state index contributed by atoms with van der Waals surface area (Å²) in [5.74, 6) is 0.506. The van der Waals surface area contributed by atoms with Crippen LogP contribution in [0.2, 0.25) is 5.02 Å². The van der Waals surface area contributed by atoms with Gasteiger partial charge in [-0.25, -0.2) is 0 Å². The summed E-state index contributed by atoms with van der Waals surface area (Å²) in [6, 6.07) is 7.79. The summed E-state index contributed by atoms with van der Waals surface area (Å²) < 4.78 is 5.86. The summed E-state index contributed by atoms with van der Waals surface area (Å²) in [6.45, 7) is 5.82. The van der Waals surface area contributed by atoms with Crippen molar-refractivity contribution in [1.29, 1.82) is 0 Å². The van der Waals surface area contributed by atoms with Crippen LogP contribution in [0, 0.1) is 5.92 Å². The van der Waals surface area contributed by atoms with Gasteiger partial charge in [0.25, 0.3) is 0 Å². The summed E-state index contributed by atoms with van der Waals surface area (Å²) in [5.41, 5.74) is 1.12.